The number of ether oxygens (including phenoxy) is 1. The molecule has 0 aliphatic rings. The Hall–Kier alpha value is -0.283. The molecule has 1 aromatic rings. The summed E-state index contributed by atoms with van der Waals surface area (Å²) in [6.45, 7) is 14.5. The second-order valence-corrected chi connectivity index (χ2v) is 9.55. The van der Waals surface area contributed by atoms with Gasteiger partial charge >= 0.3 is 0 Å². The zero-order valence-corrected chi connectivity index (χ0v) is 19.8. The largest absolute Gasteiger partial charge is 0.493 e. The standard InChI is InChI=1S/C20H35BrOSi/c1-7-8-9-10-11-12-13-22-18-17(21)15(3)14(2)16(19(18)23)20(4,5)6/h7-13H2,1-6,23H3. The van der Waals surface area contributed by atoms with E-state index >= 15 is 0 Å². The highest BCUT2D eigenvalue weighted by Gasteiger charge is 2.24. The van der Waals surface area contributed by atoms with Crippen LogP contribution in [-0.4, -0.2) is 16.8 Å². The van der Waals surface area contributed by atoms with E-state index in [1.165, 1.54) is 58.5 Å². The number of hydrogen-bond acceptors (Lipinski definition) is 1. The lowest BCUT2D eigenvalue weighted by Gasteiger charge is -2.28. The summed E-state index contributed by atoms with van der Waals surface area (Å²) in [5.74, 6) is 1.11. The Labute approximate surface area is 155 Å². The summed E-state index contributed by atoms with van der Waals surface area (Å²) >= 11 is 3.78. The average Bonchev–Trinajstić information content (AvgIpc) is 2.46. The molecule has 0 N–H and O–H groups in total. The van der Waals surface area contributed by atoms with Crippen LogP contribution in [0.2, 0.25) is 0 Å². The molecule has 3 heteroatoms. The van der Waals surface area contributed by atoms with Crippen molar-refractivity contribution in [2.45, 2.75) is 85.5 Å². The van der Waals surface area contributed by atoms with Gasteiger partial charge in [-0.15, -0.1) is 0 Å². The lowest BCUT2D eigenvalue weighted by atomic mass is 9.82. The van der Waals surface area contributed by atoms with E-state index in [0.29, 0.717) is 0 Å². The molecule has 0 aliphatic heterocycles. The van der Waals surface area contributed by atoms with Crippen molar-refractivity contribution in [1.29, 1.82) is 0 Å². The van der Waals surface area contributed by atoms with Gasteiger partial charge in [0.25, 0.3) is 0 Å². The first kappa shape index (κ1) is 20.8. The van der Waals surface area contributed by atoms with E-state index < -0.39 is 0 Å². The van der Waals surface area contributed by atoms with Gasteiger partial charge in [0.15, 0.2) is 0 Å². The highest BCUT2D eigenvalue weighted by Crippen LogP contribution is 2.35. The minimum atomic E-state index is 0.172. The second kappa shape index (κ2) is 9.27. The Morgan fingerprint density at radius 3 is 2.09 bits per heavy atom. The molecule has 1 rings (SSSR count). The summed E-state index contributed by atoms with van der Waals surface area (Å²) in [4.78, 5) is 0. The minimum absolute atomic E-state index is 0.172. The van der Waals surface area contributed by atoms with Crippen LogP contribution in [0.4, 0.5) is 0 Å². The lowest BCUT2D eigenvalue weighted by Crippen LogP contribution is -2.27. The molecule has 0 amide bonds. The molecule has 0 saturated heterocycles. The molecule has 132 valence electrons. The van der Waals surface area contributed by atoms with Gasteiger partial charge in [0.2, 0.25) is 0 Å². The van der Waals surface area contributed by atoms with Crippen molar-refractivity contribution >= 4 is 31.4 Å². The summed E-state index contributed by atoms with van der Waals surface area (Å²) < 4.78 is 7.40. The van der Waals surface area contributed by atoms with Crippen molar-refractivity contribution in [3.05, 3.63) is 21.2 Å². The number of unbranched alkanes of at least 4 members (excludes halogenated alkanes) is 5. The fraction of sp³-hybridized carbons (Fsp3) is 0.700. The topological polar surface area (TPSA) is 9.23 Å². The Kier molecular flexibility index (Phi) is 8.36. The SMILES string of the molecule is CCCCCCCCOc1c([SiH3])c(C(C)(C)C)c(C)c(C)c1Br. The monoisotopic (exact) mass is 398 g/mol. The number of halogens is 1. The quantitative estimate of drug-likeness (QED) is 0.437. The molecule has 0 bridgehead atoms. The number of rotatable bonds is 8. The molecule has 0 fully saturated rings. The first-order chi connectivity index (χ1) is 10.7. The Bertz CT molecular complexity index is 518. The number of benzene rings is 1. The molecule has 1 aromatic carbocycles. The Morgan fingerprint density at radius 1 is 0.957 bits per heavy atom. The van der Waals surface area contributed by atoms with Crippen LogP contribution in [0.15, 0.2) is 4.47 Å². The smallest absolute Gasteiger partial charge is 0.132 e. The highest BCUT2D eigenvalue weighted by atomic mass is 79.9. The maximum atomic E-state index is 6.23. The summed E-state index contributed by atoms with van der Waals surface area (Å²) in [6.07, 6.45) is 7.82. The number of hydrogen-bond donors (Lipinski definition) is 0. The molecule has 0 aromatic heterocycles. The first-order valence-corrected chi connectivity index (χ1v) is 10.9. The summed E-state index contributed by atoms with van der Waals surface area (Å²) in [5.41, 5.74) is 4.40. The van der Waals surface area contributed by atoms with Crippen LogP contribution in [0.1, 0.15) is 82.9 Å². The van der Waals surface area contributed by atoms with Crippen molar-refractivity contribution in [2.24, 2.45) is 0 Å². The van der Waals surface area contributed by atoms with E-state index in [9.17, 15) is 0 Å². The summed E-state index contributed by atoms with van der Waals surface area (Å²) in [6, 6.07) is 0. The van der Waals surface area contributed by atoms with E-state index in [1.807, 2.05) is 0 Å². The van der Waals surface area contributed by atoms with E-state index in [-0.39, 0.29) is 5.41 Å². The molecule has 0 heterocycles. The van der Waals surface area contributed by atoms with Gasteiger partial charge in [-0.3, -0.25) is 0 Å². The normalized spacial score (nSPS) is 12.0. The van der Waals surface area contributed by atoms with Crippen LogP contribution in [0.3, 0.4) is 0 Å². The Balaban J connectivity index is 2.81. The third-order valence-electron chi connectivity index (χ3n) is 4.68. The van der Waals surface area contributed by atoms with Gasteiger partial charge in [0.1, 0.15) is 5.75 Å². The minimum Gasteiger partial charge on any atom is -0.493 e. The third-order valence-corrected chi connectivity index (χ3v) is 6.58. The molecule has 0 atom stereocenters. The van der Waals surface area contributed by atoms with Crippen molar-refractivity contribution in [2.75, 3.05) is 6.61 Å². The van der Waals surface area contributed by atoms with E-state index in [1.54, 1.807) is 0 Å². The molecular weight excluding hydrogens is 364 g/mol. The fourth-order valence-corrected chi connectivity index (χ4v) is 6.03. The van der Waals surface area contributed by atoms with Crippen LogP contribution in [0, 0.1) is 13.8 Å². The van der Waals surface area contributed by atoms with Crippen LogP contribution < -0.4 is 9.92 Å². The van der Waals surface area contributed by atoms with Gasteiger partial charge < -0.3 is 4.74 Å². The molecule has 23 heavy (non-hydrogen) atoms. The van der Waals surface area contributed by atoms with Gasteiger partial charge in [0.05, 0.1) is 11.1 Å². The molecule has 0 aliphatic carbocycles. The van der Waals surface area contributed by atoms with Gasteiger partial charge in [-0.25, -0.2) is 0 Å². The maximum Gasteiger partial charge on any atom is 0.132 e. The summed E-state index contributed by atoms with van der Waals surface area (Å²) in [5, 5.41) is 1.43. The van der Waals surface area contributed by atoms with Gasteiger partial charge in [-0.1, -0.05) is 59.8 Å². The zero-order chi connectivity index (χ0) is 17.6. The zero-order valence-electron chi connectivity index (χ0n) is 16.2. The fourth-order valence-electron chi connectivity index (χ4n) is 3.44. The molecule has 0 spiro atoms. The van der Waals surface area contributed by atoms with Crippen LogP contribution in [0.5, 0.6) is 5.75 Å². The third kappa shape index (κ3) is 5.63. The predicted molar refractivity (Wildman–Crippen MR) is 111 cm³/mol. The van der Waals surface area contributed by atoms with Gasteiger partial charge in [0, 0.05) is 10.2 Å². The van der Waals surface area contributed by atoms with Crippen molar-refractivity contribution < 1.29 is 4.74 Å². The van der Waals surface area contributed by atoms with Crippen LogP contribution in [0.25, 0.3) is 0 Å². The summed E-state index contributed by atoms with van der Waals surface area (Å²) in [7, 11) is 1.02. The molecule has 1 nitrogen and oxygen atoms in total. The van der Waals surface area contributed by atoms with Crippen molar-refractivity contribution in [3.8, 4) is 5.75 Å². The molecule has 0 radical (unpaired) electrons. The van der Waals surface area contributed by atoms with Crippen LogP contribution in [-0.2, 0) is 5.41 Å². The van der Waals surface area contributed by atoms with E-state index in [4.69, 9.17) is 4.74 Å². The van der Waals surface area contributed by atoms with Gasteiger partial charge in [-0.05, 0) is 63.5 Å². The van der Waals surface area contributed by atoms with E-state index in [2.05, 4.69) is 57.5 Å². The van der Waals surface area contributed by atoms with Crippen LogP contribution >= 0.6 is 15.9 Å². The Morgan fingerprint density at radius 2 is 1.52 bits per heavy atom. The molecule has 0 saturated carbocycles. The predicted octanol–water partition coefficient (Wildman–Crippen LogP) is 5.09. The van der Waals surface area contributed by atoms with Gasteiger partial charge in [-0.2, -0.15) is 0 Å². The van der Waals surface area contributed by atoms with Crippen molar-refractivity contribution in [3.63, 3.8) is 0 Å². The van der Waals surface area contributed by atoms with E-state index in [0.717, 1.165) is 29.0 Å². The average molecular weight is 399 g/mol. The lowest BCUT2D eigenvalue weighted by molar-refractivity contribution is 0.304. The molecular formula is C20H35BrOSi. The maximum absolute atomic E-state index is 6.23. The second-order valence-electron chi connectivity index (χ2n) is 7.76. The van der Waals surface area contributed by atoms with Crippen molar-refractivity contribution in [1.82, 2.24) is 0 Å². The highest BCUT2D eigenvalue weighted by molar-refractivity contribution is 9.10. The first-order valence-electron chi connectivity index (χ1n) is 9.14. The molecule has 0 unspecified atom stereocenters.